The lowest BCUT2D eigenvalue weighted by Crippen LogP contribution is -1.97. The van der Waals surface area contributed by atoms with Crippen LogP contribution in [0.25, 0.3) is 22.2 Å². The summed E-state index contributed by atoms with van der Waals surface area (Å²) in [6, 6.07) is 16.0. The SMILES string of the molecule is NCc1c(-c2cccc(Cl)c2)[nH]c2ccccc12. The summed E-state index contributed by atoms with van der Waals surface area (Å²) in [5.41, 5.74) is 10.2. The number of halogens is 1. The first-order valence-corrected chi connectivity index (χ1v) is 6.23. The van der Waals surface area contributed by atoms with Crippen LogP contribution in [0.4, 0.5) is 0 Å². The van der Waals surface area contributed by atoms with Gasteiger partial charge < -0.3 is 10.7 Å². The number of hydrogen-bond donors (Lipinski definition) is 2. The smallest absolute Gasteiger partial charge is 0.0510 e. The lowest BCUT2D eigenvalue weighted by atomic mass is 10.1. The minimum Gasteiger partial charge on any atom is -0.354 e. The largest absolute Gasteiger partial charge is 0.354 e. The van der Waals surface area contributed by atoms with Crippen molar-refractivity contribution < 1.29 is 0 Å². The van der Waals surface area contributed by atoms with Crippen molar-refractivity contribution in [2.75, 3.05) is 0 Å². The van der Waals surface area contributed by atoms with Gasteiger partial charge in [-0.1, -0.05) is 41.9 Å². The van der Waals surface area contributed by atoms with E-state index in [0.29, 0.717) is 6.54 Å². The first-order chi connectivity index (χ1) is 8.79. The fourth-order valence-corrected chi connectivity index (χ4v) is 2.49. The third-order valence-electron chi connectivity index (χ3n) is 3.13. The molecule has 0 unspecified atom stereocenters. The van der Waals surface area contributed by atoms with E-state index in [1.54, 1.807) is 0 Å². The molecule has 2 nitrogen and oxygen atoms in total. The molecule has 0 spiro atoms. The van der Waals surface area contributed by atoms with Gasteiger partial charge in [0.25, 0.3) is 0 Å². The highest BCUT2D eigenvalue weighted by atomic mass is 35.5. The monoisotopic (exact) mass is 256 g/mol. The molecule has 2 aromatic carbocycles. The third-order valence-corrected chi connectivity index (χ3v) is 3.37. The van der Waals surface area contributed by atoms with E-state index in [1.807, 2.05) is 36.4 Å². The quantitative estimate of drug-likeness (QED) is 0.716. The van der Waals surface area contributed by atoms with E-state index < -0.39 is 0 Å². The Hall–Kier alpha value is -1.77. The maximum absolute atomic E-state index is 6.04. The molecule has 1 heterocycles. The van der Waals surface area contributed by atoms with Crippen molar-refractivity contribution in [1.82, 2.24) is 4.98 Å². The Labute approximate surface area is 110 Å². The van der Waals surface area contributed by atoms with Crippen LogP contribution >= 0.6 is 11.6 Å². The fraction of sp³-hybridized carbons (Fsp3) is 0.0667. The van der Waals surface area contributed by atoms with Crippen LogP contribution in [0.1, 0.15) is 5.56 Å². The average Bonchev–Trinajstić information content (AvgIpc) is 2.77. The molecule has 3 N–H and O–H groups in total. The summed E-state index contributed by atoms with van der Waals surface area (Å²) < 4.78 is 0. The normalized spacial score (nSPS) is 11.0. The zero-order valence-corrected chi connectivity index (χ0v) is 10.5. The molecule has 0 saturated heterocycles. The van der Waals surface area contributed by atoms with E-state index in [4.69, 9.17) is 17.3 Å². The van der Waals surface area contributed by atoms with Crippen molar-refractivity contribution >= 4 is 22.5 Å². The second-order valence-corrected chi connectivity index (χ2v) is 4.68. The highest BCUT2D eigenvalue weighted by molar-refractivity contribution is 6.30. The van der Waals surface area contributed by atoms with Crippen LogP contribution in [0.5, 0.6) is 0 Å². The Morgan fingerprint density at radius 1 is 1.06 bits per heavy atom. The molecule has 0 aliphatic heterocycles. The molecule has 0 saturated carbocycles. The predicted molar refractivity (Wildman–Crippen MR) is 76.6 cm³/mol. The van der Waals surface area contributed by atoms with Crippen LogP contribution in [-0.4, -0.2) is 4.98 Å². The summed E-state index contributed by atoms with van der Waals surface area (Å²) >= 11 is 6.04. The number of aromatic amines is 1. The highest BCUT2D eigenvalue weighted by Gasteiger charge is 2.11. The summed E-state index contributed by atoms with van der Waals surface area (Å²) in [5, 5.41) is 1.91. The van der Waals surface area contributed by atoms with Gasteiger partial charge in [-0.15, -0.1) is 0 Å². The zero-order chi connectivity index (χ0) is 12.5. The summed E-state index contributed by atoms with van der Waals surface area (Å²) in [7, 11) is 0. The number of para-hydroxylation sites is 1. The van der Waals surface area contributed by atoms with Gasteiger partial charge in [-0.2, -0.15) is 0 Å². The van der Waals surface area contributed by atoms with E-state index in [-0.39, 0.29) is 0 Å². The molecule has 3 heteroatoms. The second kappa shape index (κ2) is 4.48. The number of hydrogen-bond acceptors (Lipinski definition) is 1. The van der Waals surface area contributed by atoms with Gasteiger partial charge in [-0.05, 0) is 29.3 Å². The summed E-state index contributed by atoms with van der Waals surface area (Å²) in [4.78, 5) is 3.42. The Balaban J connectivity index is 2.28. The Bertz CT molecular complexity index is 701. The van der Waals surface area contributed by atoms with Gasteiger partial charge in [-0.25, -0.2) is 0 Å². The summed E-state index contributed by atoms with van der Waals surface area (Å²) in [6.45, 7) is 0.506. The zero-order valence-electron chi connectivity index (χ0n) is 9.78. The molecule has 3 aromatic rings. The van der Waals surface area contributed by atoms with Crippen LogP contribution in [0, 0.1) is 0 Å². The Kier molecular flexibility index (Phi) is 2.82. The number of aromatic nitrogens is 1. The van der Waals surface area contributed by atoms with Crippen LogP contribution < -0.4 is 5.73 Å². The lowest BCUT2D eigenvalue weighted by molar-refractivity contribution is 1.09. The standard InChI is InChI=1S/C15H13ClN2/c16-11-5-3-4-10(8-11)15-13(9-17)12-6-1-2-7-14(12)18-15/h1-8,18H,9,17H2. The average molecular weight is 257 g/mol. The van der Waals surface area contributed by atoms with E-state index in [9.17, 15) is 0 Å². The molecule has 3 rings (SSSR count). The molecule has 0 amide bonds. The predicted octanol–water partition coefficient (Wildman–Crippen LogP) is 3.95. The molecule has 0 fully saturated rings. The Morgan fingerprint density at radius 2 is 1.89 bits per heavy atom. The van der Waals surface area contributed by atoms with Gasteiger partial charge in [0.2, 0.25) is 0 Å². The number of nitrogens with one attached hydrogen (secondary N) is 1. The summed E-state index contributed by atoms with van der Waals surface area (Å²) in [5.74, 6) is 0. The Morgan fingerprint density at radius 3 is 2.67 bits per heavy atom. The first-order valence-electron chi connectivity index (χ1n) is 5.85. The van der Waals surface area contributed by atoms with Gasteiger partial charge in [0.15, 0.2) is 0 Å². The minimum absolute atomic E-state index is 0.506. The fourth-order valence-electron chi connectivity index (χ4n) is 2.30. The molecule has 90 valence electrons. The van der Waals surface area contributed by atoms with Crippen molar-refractivity contribution in [1.29, 1.82) is 0 Å². The van der Waals surface area contributed by atoms with Crippen molar-refractivity contribution in [3.63, 3.8) is 0 Å². The van der Waals surface area contributed by atoms with Gasteiger partial charge in [-0.3, -0.25) is 0 Å². The van der Waals surface area contributed by atoms with Crippen molar-refractivity contribution in [3.8, 4) is 11.3 Å². The van der Waals surface area contributed by atoms with Crippen LogP contribution in [0.2, 0.25) is 5.02 Å². The lowest BCUT2D eigenvalue weighted by Gasteiger charge is -2.03. The van der Waals surface area contributed by atoms with Crippen molar-refractivity contribution in [2.24, 2.45) is 5.73 Å². The topological polar surface area (TPSA) is 41.8 Å². The van der Waals surface area contributed by atoms with Gasteiger partial charge in [0.1, 0.15) is 0 Å². The van der Waals surface area contributed by atoms with Gasteiger partial charge >= 0.3 is 0 Å². The second-order valence-electron chi connectivity index (χ2n) is 4.24. The molecule has 0 aliphatic rings. The number of benzene rings is 2. The number of H-pyrrole nitrogens is 1. The molecule has 0 atom stereocenters. The van der Waals surface area contributed by atoms with Crippen LogP contribution in [0.15, 0.2) is 48.5 Å². The van der Waals surface area contributed by atoms with E-state index in [0.717, 1.165) is 27.4 Å². The molecule has 0 bridgehead atoms. The maximum Gasteiger partial charge on any atom is 0.0510 e. The van der Waals surface area contributed by atoms with E-state index in [2.05, 4.69) is 17.1 Å². The third kappa shape index (κ3) is 1.80. The molecule has 18 heavy (non-hydrogen) atoms. The molecular formula is C15H13ClN2. The molecule has 1 aromatic heterocycles. The summed E-state index contributed by atoms with van der Waals surface area (Å²) in [6.07, 6.45) is 0. The van der Waals surface area contributed by atoms with Gasteiger partial charge in [0.05, 0.1) is 5.69 Å². The first kappa shape index (κ1) is 11.3. The van der Waals surface area contributed by atoms with Crippen LogP contribution in [-0.2, 0) is 6.54 Å². The minimum atomic E-state index is 0.506. The number of nitrogens with two attached hydrogens (primary N) is 1. The number of rotatable bonds is 2. The van der Waals surface area contributed by atoms with Crippen molar-refractivity contribution in [3.05, 3.63) is 59.1 Å². The maximum atomic E-state index is 6.04. The molecular weight excluding hydrogens is 244 g/mol. The van der Waals surface area contributed by atoms with E-state index >= 15 is 0 Å². The number of fused-ring (bicyclic) bond motifs is 1. The van der Waals surface area contributed by atoms with Crippen molar-refractivity contribution in [2.45, 2.75) is 6.54 Å². The van der Waals surface area contributed by atoms with Crippen LogP contribution in [0.3, 0.4) is 0 Å². The molecule has 0 aliphatic carbocycles. The van der Waals surface area contributed by atoms with E-state index in [1.165, 1.54) is 5.39 Å². The highest BCUT2D eigenvalue weighted by Crippen LogP contribution is 2.31. The molecule has 0 radical (unpaired) electrons. The van der Waals surface area contributed by atoms with Gasteiger partial charge in [0, 0.05) is 22.5 Å².